The Morgan fingerprint density at radius 2 is 2.00 bits per heavy atom. The summed E-state index contributed by atoms with van der Waals surface area (Å²) >= 11 is 0. The van der Waals surface area contributed by atoms with E-state index in [0.29, 0.717) is 30.9 Å². The lowest BCUT2D eigenvalue weighted by Crippen LogP contribution is -2.23. The van der Waals surface area contributed by atoms with Crippen LogP contribution in [0.2, 0.25) is 0 Å². The lowest BCUT2D eigenvalue weighted by atomic mass is 10.1. The smallest absolute Gasteiger partial charge is 0.220 e. The Morgan fingerprint density at radius 3 is 2.73 bits per heavy atom. The van der Waals surface area contributed by atoms with Crippen molar-refractivity contribution < 1.29 is 14.3 Å². The van der Waals surface area contributed by atoms with Gasteiger partial charge in [0.1, 0.15) is 6.61 Å². The molecule has 1 N–H and O–H groups in total. The highest BCUT2D eigenvalue weighted by atomic mass is 16.5. The van der Waals surface area contributed by atoms with Crippen molar-refractivity contribution in [1.82, 2.24) is 5.32 Å². The van der Waals surface area contributed by atoms with E-state index in [1.807, 2.05) is 60.7 Å². The second kappa shape index (κ2) is 10.6. The molecule has 0 aliphatic heterocycles. The van der Waals surface area contributed by atoms with Crippen LogP contribution in [-0.4, -0.2) is 26.2 Å². The van der Waals surface area contributed by atoms with Crippen molar-refractivity contribution in [3.63, 3.8) is 0 Å². The van der Waals surface area contributed by atoms with Crippen molar-refractivity contribution in [2.45, 2.75) is 12.8 Å². The van der Waals surface area contributed by atoms with Crippen LogP contribution in [-0.2, 0) is 11.2 Å². The Balaban J connectivity index is 1.78. The maximum atomic E-state index is 12.0. The molecule has 0 fully saturated rings. The number of carbonyl (C=O) groups excluding carboxylic acids is 1. The largest absolute Gasteiger partial charge is 0.493 e. The lowest BCUT2D eigenvalue weighted by Gasteiger charge is -2.10. The summed E-state index contributed by atoms with van der Waals surface area (Å²) in [6.07, 6.45) is 10.2. The third-order valence-electron chi connectivity index (χ3n) is 3.71. The Labute approximate surface area is 154 Å². The third kappa shape index (κ3) is 6.37. The van der Waals surface area contributed by atoms with Gasteiger partial charge in [-0.1, -0.05) is 54.5 Å². The number of ether oxygens (including phenoxy) is 2. The molecule has 4 nitrogen and oxygen atoms in total. The van der Waals surface area contributed by atoms with Gasteiger partial charge in [0.05, 0.1) is 7.11 Å². The average Bonchev–Trinajstić information content (AvgIpc) is 2.69. The number of methoxy groups -OCH3 is 1. The molecule has 0 bridgehead atoms. The first-order valence-electron chi connectivity index (χ1n) is 8.44. The number of aryl methyl sites for hydroxylation is 1. The quantitative estimate of drug-likeness (QED) is 0.705. The number of amides is 1. The van der Waals surface area contributed by atoms with E-state index in [0.717, 1.165) is 11.1 Å². The molecule has 0 aliphatic carbocycles. The topological polar surface area (TPSA) is 47.6 Å². The molecule has 2 rings (SSSR count). The van der Waals surface area contributed by atoms with Crippen molar-refractivity contribution in [2.24, 2.45) is 0 Å². The minimum absolute atomic E-state index is 0.00865. The first kappa shape index (κ1) is 19.1. The molecule has 0 atom stereocenters. The van der Waals surface area contributed by atoms with E-state index in [1.165, 1.54) is 0 Å². The molecule has 0 aromatic heterocycles. The third-order valence-corrected chi connectivity index (χ3v) is 3.71. The number of hydrogen-bond donors (Lipinski definition) is 1. The van der Waals surface area contributed by atoms with Crippen LogP contribution in [0, 0.1) is 12.3 Å². The summed E-state index contributed by atoms with van der Waals surface area (Å²) in [4.78, 5) is 12.0. The average molecular weight is 349 g/mol. The molecule has 0 saturated heterocycles. The van der Waals surface area contributed by atoms with Crippen LogP contribution in [0.4, 0.5) is 0 Å². The normalized spacial score (nSPS) is 10.3. The Morgan fingerprint density at radius 1 is 1.19 bits per heavy atom. The van der Waals surface area contributed by atoms with Gasteiger partial charge in [-0.25, -0.2) is 0 Å². The van der Waals surface area contributed by atoms with Crippen molar-refractivity contribution in [3.8, 4) is 23.8 Å². The van der Waals surface area contributed by atoms with E-state index in [4.69, 9.17) is 15.9 Å². The first-order valence-corrected chi connectivity index (χ1v) is 8.44. The van der Waals surface area contributed by atoms with Gasteiger partial charge < -0.3 is 14.8 Å². The van der Waals surface area contributed by atoms with E-state index in [9.17, 15) is 4.79 Å². The number of benzene rings is 2. The van der Waals surface area contributed by atoms with Crippen molar-refractivity contribution in [2.75, 3.05) is 20.3 Å². The van der Waals surface area contributed by atoms with Crippen LogP contribution in [0.3, 0.4) is 0 Å². The highest BCUT2D eigenvalue weighted by Crippen LogP contribution is 2.28. The molecule has 0 saturated carbocycles. The lowest BCUT2D eigenvalue weighted by molar-refractivity contribution is -0.120. The zero-order valence-corrected chi connectivity index (χ0v) is 14.9. The molecule has 2 aromatic carbocycles. The van der Waals surface area contributed by atoms with Gasteiger partial charge in [0.25, 0.3) is 0 Å². The van der Waals surface area contributed by atoms with Gasteiger partial charge in [-0.2, -0.15) is 0 Å². The predicted molar refractivity (Wildman–Crippen MR) is 104 cm³/mol. The van der Waals surface area contributed by atoms with Gasteiger partial charge >= 0.3 is 0 Å². The minimum atomic E-state index is 0.00865. The molecule has 134 valence electrons. The molecule has 0 unspecified atom stereocenters. The van der Waals surface area contributed by atoms with Gasteiger partial charge in [-0.3, -0.25) is 4.79 Å². The summed E-state index contributed by atoms with van der Waals surface area (Å²) in [5.41, 5.74) is 2.12. The van der Waals surface area contributed by atoms with E-state index >= 15 is 0 Å². The predicted octanol–water partition coefficient (Wildman–Crippen LogP) is 3.47. The summed E-state index contributed by atoms with van der Waals surface area (Å²) in [7, 11) is 1.58. The summed E-state index contributed by atoms with van der Waals surface area (Å²) in [6, 6.07) is 15.6. The van der Waals surface area contributed by atoms with Gasteiger partial charge in [-0.15, -0.1) is 6.42 Å². The molecule has 4 heteroatoms. The number of carbonyl (C=O) groups is 1. The van der Waals surface area contributed by atoms with Gasteiger partial charge in [0.15, 0.2) is 11.5 Å². The van der Waals surface area contributed by atoms with E-state index in [1.54, 1.807) is 7.11 Å². The molecular formula is C22H23NO3. The first-order chi connectivity index (χ1) is 12.7. The fourth-order valence-electron chi connectivity index (χ4n) is 2.38. The molecule has 1 amide bonds. The number of nitrogens with one attached hydrogen (secondary N) is 1. The maximum absolute atomic E-state index is 12.0. The van der Waals surface area contributed by atoms with Crippen LogP contribution in [0.25, 0.3) is 6.08 Å². The van der Waals surface area contributed by atoms with Gasteiger partial charge in [-0.05, 0) is 29.7 Å². The van der Waals surface area contributed by atoms with Crippen LogP contribution >= 0.6 is 0 Å². The second-order valence-corrected chi connectivity index (χ2v) is 5.60. The maximum Gasteiger partial charge on any atom is 0.220 e. The monoisotopic (exact) mass is 349 g/mol. The Hall–Kier alpha value is -3.19. The van der Waals surface area contributed by atoms with Crippen molar-refractivity contribution in [3.05, 3.63) is 65.7 Å². The number of hydrogen-bond acceptors (Lipinski definition) is 3. The zero-order chi connectivity index (χ0) is 18.6. The summed E-state index contributed by atoms with van der Waals surface area (Å²) in [5, 5.41) is 2.89. The van der Waals surface area contributed by atoms with Crippen LogP contribution in [0.1, 0.15) is 17.5 Å². The highest BCUT2D eigenvalue weighted by molar-refractivity contribution is 5.76. The van der Waals surface area contributed by atoms with Crippen molar-refractivity contribution in [1.29, 1.82) is 0 Å². The fraction of sp³-hybridized carbons (Fsp3) is 0.227. The van der Waals surface area contributed by atoms with Crippen LogP contribution in [0.5, 0.6) is 11.5 Å². The molecule has 0 spiro atoms. The summed E-state index contributed by atoms with van der Waals surface area (Å²) < 4.78 is 10.7. The second-order valence-electron chi connectivity index (χ2n) is 5.60. The minimum Gasteiger partial charge on any atom is -0.493 e. The molecule has 0 radical (unpaired) electrons. The Kier molecular flexibility index (Phi) is 7.82. The van der Waals surface area contributed by atoms with E-state index in [-0.39, 0.29) is 12.5 Å². The zero-order valence-electron chi connectivity index (χ0n) is 14.9. The van der Waals surface area contributed by atoms with Crippen molar-refractivity contribution >= 4 is 12.0 Å². The van der Waals surface area contributed by atoms with Crippen LogP contribution in [0.15, 0.2) is 54.6 Å². The number of rotatable bonds is 9. The fourth-order valence-corrected chi connectivity index (χ4v) is 2.38. The van der Waals surface area contributed by atoms with E-state index < -0.39 is 0 Å². The molecule has 2 aromatic rings. The molecule has 0 heterocycles. The van der Waals surface area contributed by atoms with Gasteiger partial charge in [0, 0.05) is 13.0 Å². The molecule has 26 heavy (non-hydrogen) atoms. The van der Waals surface area contributed by atoms with Gasteiger partial charge in [0.2, 0.25) is 5.91 Å². The molecule has 0 aliphatic rings. The van der Waals surface area contributed by atoms with E-state index in [2.05, 4.69) is 11.2 Å². The highest BCUT2D eigenvalue weighted by Gasteiger charge is 2.07. The van der Waals surface area contributed by atoms with Crippen LogP contribution < -0.4 is 14.8 Å². The SMILES string of the molecule is C#CCOc1ccc(CCC(=O)NCC=Cc2ccccc2)cc1OC. The molecular weight excluding hydrogens is 326 g/mol. The summed E-state index contributed by atoms with van der Waals surface area (Å²) in [6.45, 7) is 0.699. The number of terminal acetylenes is 1. The summed E-state index contributed by atoms with van der Waals surface area (Å²) in [5.74, 6) is 3.65. The standard InChI is InChI=1S/C22H23NO3/c1-3-16-26-20-13-11-19(17-21(20)25-2)12-14-22(24)23-15-7-10-18-8-5-4-6-9-18/h1,4-11,13,17H,12,14-16H2,2H3,(H,23,24). The Bertz CT molecular complexity index is 776.